The van der Waals surface area contributed by atoms with Crippen LogP contribution in [0.15, 0.2) is 0 Å². The van der Waals surface area contributed by atoms with Crippen LogP contribution in [0.4, 0.5) is 0 Å². The molecule has 0 heterocycles. The fourth-order valence-electron chi connectivity index (χ4n) is 2.69. The van der Waals surface area contributed by atoms with Crippen LogP contribution >= 0.6 is 0 Å². The van der Waals surface area contributed by atoms with E-state index in [0.717, 1.165) is 10.2 Å². The van der Waals surface area contributed by atoms with Gasteiger partial charge in [-0.05, 0) is 37.5 Å². The van der Waals surface area contributed by atoms with Gasteiger partial charge in [0, 0.05) is 13.5 Å². The Hall–Kier alpha value is -0.580. The third-order valence-corrected chi connectivity index (χ3v) is 5.94. The minimum Gasteiger partial charge on any atom is -0.274 e. The number of carbonyl (C=O) groups excluding carboxylic acids is 1. The summed E-state index contributed by atoms with van der Waals surface area (Å²) >= 11 is 0. The number of hydrogen-bond acceptors (Lipinski definition) is 3. The van der Waals surface area contributed by atoms with Crippen molar-refractivity contribution in [2.45, 2.75) is 46.5 Å². The molecule has 0 N–H and O–H groups in total. The average Bonchev–Trinajstić information content (AvgIpc) is 2.74. The molecule has 0 aromatic rings. The Kier molecular flexibility index (Phi) is 5.20. The van der Waals surface area contributed by atoms with Gasteiger partial charge in [-0.1, -0.05) is 20.3 Å². The van der Waals surface area contributed by atoms with Gasteiger partial charge in [0.05, 0.1) is 5.75 Å². The molecular formula is C13H25NO3S. The number of amides is 1. The summed E-state index contributed by atoms with van der Waals surface area (Å²) in [4.78, 5) is 11.9. The molecule has 0 aromatic heterocycles. The van der Waals surface area contributed by atoms with Crippen LogP contribution in [-0.4, -0.2) is 31.4 Å². The summed E-state index contributed by atoms with van der Waals surface area (Å²) in [6.07, 6.45) is 3.90. The van der Waals surface area contributed by atoms with Crippen LogP contribution in [0.2, 0.25) is 0 Å². The summed E-state index contributed by atoms with van der Waals surface area (Å²) in [5.74, 6) is 1.29. The molecule has 18 heavy (non-hydrogen) atoms. The molecule has 0 spiro atoms. The van der Waals surface area contributed by atoms with Crippen LogP contribution < -0.4 is 0 Å². The topological polar surface area (TPSA) is 54.5 Å². The van der Waals surface area contributed by atoms with E-state index in [0.29, 0.717) is 12.3 Å². The van der Waals surface area contributed by atoms with Crippen molar-refractivity contribution in [2.75, 3.05) is 12.8 Å². The fourth-order valence-corrected chi connectivity index (χ4v) is 3.46. The van der Waals surface area contributed by atoms with Crippen LogP contribution in [-0.2, 0) is 14.8 Å². The van der Waals surface area contributed by atoms with E-state index in [1.807, 2.05) is 0 Å². The highest BCUT2D eigenvalue weighted by Crippen LogP contribution is 2.36. The third kappa shape index (κ3) is 3.70. The van der Waals surface area contributed by atoms with Gasteiger partial charge in [-0.15, -0.1) is 0 Å². The molecule has 1 unspecified atom stereocenters. The van der Waals surface area contributed by atoms with Gasteiger partial charge in [-0.3, -0.25) is 4.79 Å². The predicted octanol–water partition coefficient (Wildman–Crippen LogP) is 2.26. The van der Waals surface area contributed by atoms with Gasteiger partial charge in [0.25, 0.3) is 0 Å². The molecule has 1 aliphatic carbocycles. The highest BCUT2D eigenvalue weighted by molar-refractivity contribution is 7.89. The van der Waals surface area contributed by atoms with Crippen molar-refractivity contribution in [3.63, 3.8) is 0 Å². The lowest BCUT2D eigenvalue weighted by Crippen LogP contribution is -2.35. The molecule has 5 heteroatoms. The first-order valence-electron chi connectivity index (χ1n) is 6.77. The molecule has 1 amide bonds. The highest BCUT2D eigenvalue weighted by Gasteiger charge is 2.30. The van der Waals surface area contributed by atoms with E-state index in [-0.39, 0.29) is 17.6 Å². The van der Waals surface area contributed by atoms with Crippen molar-refractivity contribution < 1.29 is 13.2 Å². The van der Waals surface area contributed by atoms with Gasteiger partial charge in [0.2, 0.25) is 15.9 Å². The van der Waals surface area contributed by atoms with Crippen LogP contribution in [0, 0.1) is 17.8 Å². The standard InChI is InChI=1S/C13H25NO3S/c1-5-18(16,17)14(4)13(15)9-11(3)12-7-6-10(2)8-12/h10-12H,5-9H2,1-4H3/t10-,11?,12+/m1/s1. The molecule has 1 aliphatic rings. The normalized spacial score (nSPS) is 26.0. The Labute approximate surface area is 111 Å². The van der Waals surface area contributed by atoms with Crippen LogP contribution in [0.1, 0.15) is 46.5 Å². The van der Waals surface area contributed by atoms with Gasteiger partial charge in [-0.25, -0.2) is 12.7 Å². The summed E-state index contributed by atoms with van der Waals surface area (Å²) in [5.41, 5.74) is 0. The molecule has 1 rings (SSSR count). The van der Waals surface area contributed by atoms with E-state index in [2.05, 4.69) is 13.8 Å². The molecule has 0 radical (unpaired) electrons. The SMILES string of the molecule is CCS(=O)(=O)N(C)C(=O)CC(C)[C@H]1CC[C@@H](C)C1. The second-order valence-electron chi connectivity index (χ2n) is 5.62. The van der Waals surface area contributed by atoms with Gasteiger partial charge >= 0.3 is 0 Å². The zero-order chi connectivity index (χ0) is 13.9. The maximum atomic E-state index is 11.9. The van der Waals surface area contributed by atoms with Gasteiger partial charge in [0.15, 0.2) is 0 Å². The molecule has 0 aliphatic heterocycles. The lowest BCUT2D eigenvalue weighted by Gasteiger charge is -2.22. The number of nitrogens with zero attached hydrogens (tertiary/aromatic N) is 1. The van der Waals surface area contributed by atoms with Crippen molar-refractivity contribution in [2.24, 2.45) is 17.8 Å². The maximum absolute atomic E-state index is 11.9. The molecule has 106 valence electrons. The fraction of sp³-hybridized carbons (Fsp3) is 0.923. The van der Waals surface area contributed by atoms with E-state index in [1.165, 1.54) is 26.3 Å². The van der Waals surface area contributed by atoms with Crippen molar-refractivity contribution in [3.8, 4) is 0 Å². The largest absolute Gasteiger partial charge is 0.274 e. The summed E-state index contributed by atoms with van der Waals surface area (Å²) in [5, 5.41) is 0. The van der Waals surface area contributed by atoms with Gasteiger partial charge in [-0.2, -0.15) is 0 Å². The predicted molar refractivity (Wildman–Crippen MR) is 72.5 cm³/mol. The second-order valence-corrected chi connectivity index (χ2v) is 7.91. The Morgan fingerprint density at radius 3 is 2.44 bits per heavy atom. The Morgan fingerprint density at radius 1 is 1.39 bits per heavy atom. The first-order valence-corrected chi connectivity index (χ1v) is 8.38. The van der Waals surface area contributed by atoms with Crippen LogP contribution in [0.3, 0.4) is 0 Å². The second kappa shape index (κ2) is 6.04. The highest BCUT2D eigenvalue weighted by atomic mass is 32.2. The van der Waals surface area contributed by atoms with Gasteiger partial charge < -0.3 is 0 Å². The number of sulfonamides is 1. The van der Waals surface area contributed by atoms with E-state index in [4.69, 9.17) is 0 Å². The maximum Gasteiger partial charge on any atom is 0.236 e. The molecular weight excluding hydrogens is 250 g/mol. The molecule has 1 saturated carbocycles. The Balaban J connectivity index is 2.54. The summed E-state index contributed by atoms with van der Waals surface area (Å²) in [6.45, 7) is 5.86. The quantitative estimate of drug-likeness (QED) is 0.773. The molecule has 4 nitrogen and oxygen atoms in total. The first kappa shape index (κ1) is 15.5. The first-order chi connectivity index (χ1) is 8.27. The van der Waals surface area contributed by atoms with E-state index < -0.39 is 10.0 Å². The Bertz CT molecular complexity index is 391. The molecule has 0 saturated heterocycles. The molecule has 1 fully saturated rings. The summed E-state index contributed by atoms with van der Waals surface area (Å²) in [7, 11) is -2.03. The number of hydrogen-bond donors (Lipinski definition) is 0. The smallest absolute Gasteiger partial charge is 0.236 e. The van der Waals surface area contributed by atoms with E-state index >= 15 is 0 Å². The van der Waals surface area contributed by atoms with Crippen LogP contribution in [0.25, 0.3) is 0 Å². The van der Waals surface area contributed by atoms with E-state index in [1.54, 1.807) is 6.92 Å². The lowest BCUT2D eigenvalue weighted by atomic mass is 9.89. The van der Waals surface area contributed by atoms with Crippen molar-refractivity contribution in [1.82, 2.24) is 4.31 Å². The minimum absolute atomic E-state index is 0.0237. The lowest BCUT2D eigenvalue weighted by molar-refractivity contribution is -0.126. The zero-order valence-corrected chi connectivity index (χ0v) is 12.7. The summed E-state index contributed by atoms with van der Waals surface area (Å²) < 4.78 is 24.1. The minimum atomic E-state index is -3.39. The van der Waals surface area contributed by atoms with E-state index in [9.17, 15) is 13.2 Å². The average molecular weight is 275 g/mol. The zero-order valence-electron chi connectivity index (χ0n) is 11.8. The molecule has 3 atom stereocenters. The number of carbonyl (C=O) groups is 1. The van der Waals surface area contributed by atoms with Crippen molar-refractivity contribution >= 4 is 15.9 Å². The van der Waals surface area contributed by atoms with Gasteiger partial charge in [0.1, 0.15) is 0 Å². The summed E-state index contributed by atoms with van der Waals surface area (Å²) in [6, 6.07) is 0. The third-order valence-electron chi connectivity index (χ3n) is 4.17. The molecule has 0 aromatic carbocycles. The monoisotopic (exact) mass is 275 g/mol. The van der Waals surface area contributed by atoms with Crippen molar-refractivity contribution in [1.29, 1.82) is 0 Å². The Morgan fingerprint density at radius 2 is 2.00 bits per heavy atom. The molecule has 0 bridgehead atoms. The number of rotatable bonds is 5. The van der Waals surface area contributed by atoms with Crippen LogP contribution in [0.5, 0.6) is 0 Å². The van der Waals surface area contributed by atoms with Crippen molar-refractivity contribution in [3.05, 3.63) is 0 Å².